The summed E-state index contributed by atoms with van der Waals surface area (Å²) in [6, 6.07) is 2.42. The Morgan fingerprint density at radius 3 is 2.59 bits per heavy atom. The fourth-order valence-corrected chi connectivity index (χ4v) is 2.26. The molecule has 0 bridgehead atoms. The number of hydrazine groups is 1. The standard InChI is InChI=1S/C12H21N5/c1-2-10-15-11(8-12(16-10)17-13)14-9-6-4-3-5-7-9/h8-9H,2-7,13H2,1H3,(H2,14,15,16,17). The van der Waals surface area contributed by atoms with Gasteiger partial charge in [-0.3, -0.25) is 0 Å². The van der Waals surface area contributed by atoms with Gasteiger partial charge in [0.1, 0.15) is 17.5 Å². The molecule has 0 saturated heterocycles. The van der Waals surface area contributed by atoms with E-state index in [9.17, 15) is 0 Å². The van der Waals surface area contributed by atoms with Crippen molar-refractivity contribution in [2.24, 2.45) is 5.84 Å². The summed E-state index contributed by atoms with van der Waals surface area (Å²) < 4.78 is 0. The molecule has 5 heteroatoms. The number of nitrogens with one attached hydrogen (secondary N) is 2. The van der Waals surface area contributed by atoms with Crippen LogP contribution < -0.4 is 16.6 Å². The van der Waals surface area contributed by atoms with Gasteiger partial charge in [-0.25, -0.2) is 15.8 Å². The van der Waals surface area contributed by atoms with E-state index in [0.717, 1.165) is 18.1 Å². The SMILES string of the molecule is CCc1nc(NN)cc(NC2CCCCC2)n1. The Morgan fingerprint density at radius 1 is 1.24 bits per heavy atom. The van der Waals surface area contributed by atoms with Gasteiger partial charge in [0.25, 0.3) is 0 Å². The van der Waals surface area contributed by atoms with Gasteiger partial charge < -0.3 is 10.7 Å². The first kappa shape index (κ1) is 12.1. The van der Waals surface area contributed by atoms with E-state index in [-0.39, 0.29) is 0 Å². The van der Waals surface area contributed by atoms with Crippen molar-refractivity contribution < 1.29 is 0 Å². The Balaban J connectivity index is 2.07. The van der Waals surface area contributed by atoms with Crippen LogP contribution in [0.5, 0.6) is 0 Å². The molecule has 1 aliphatic carbocycles. The highest BCUT2D eigenvalue weighted by Crippen LogP contribution is 2.21. The largest absolute Gasteiger partial charge is 0.367 e. The van der Waals surface area contributed by atoms with E-state index in [4.69, 9.17) is 5.84 Å². The van der Waals surface area contributed by atoms with Crippen LogP contribution in [0.2, 0.25) is 0 Å². The molecule has 2 rings (SSSR count). The molecule has 1 saturated carbocycles. The van der Waals surface area contributed by atoms with E-state index < -0.39 is 0 Å². The molecule has 0 amide bonds. The first-order valence-corrected chi connectivity index (χ1v) is 6.43. The smallest absolute Gasteiger partial charge is 0.145 e. The number of nitrogens with two attached hydrogens (primary N) is 1. The predicted molar refractivity (Wildman–Crippen MR) is 69.7 cm³/mol. The Hall–Kier alpha value is -1.36. The van der Waals surface area contributed by atoms with Crippen molar-refractivity contribution in [2.75, 3.05) is 10.7 Å². The summed E-state index contributed by atoms with van der Waals surface area (Å²) in [4.78, 5) is 8.75. The van der Waals surface area contributed by atoms with Gasteiger partial charge in [0.05, 0.1) is 0 Å². The van der Waals surface area contributed by atoms with Gasteiger partial charge >= 0.3 is 0 Å². The zero-order chi connectivity index (χ0) is 12.1. The van der Waals surface area contributed by atoms with Gasteiger partial charge in [-0.05, 0) is 12.8 Å². The van der Waals surface area contributed by atoms with Crippen LogP contribution in [-0.4, -0.2) is 16.0 Å². The summed E-state index contributed by atoms with van der Waals surface area (Å²) in [5.41, 5.74) is 2.59. The fourth-order valence-electron chi connectivity index (χ4n) is 2.26. The third kappa shape index (κ3) is 3.30. The van der Waals surface area contributed by atoms with E-state index in [1.807, 2.05) is 13.0 Å². The van der Waals surface area contributed by atoms with E-state index in [1.165, 1.54) is 32.1 Å². The Kier molecular flexibility index (Phi) is 4.14. The molecule has 1 aromatic heterocycles. The van der Waals surface area contributed by atoms with Gasteiger partial charge in [0.15, 0.2) is 0 Å². The molecule has 0 radical (unpaired) electrons. The highest BCUT2D eigenvalue weighted by atomic mass is 15.3. The second-order valence-electron chi connectivity index (χ2n) is 4.53. The summed E-state index contributed by atoms with van der Waals surface area (Å²) in [6.45, 7) is 2.04. The molecule has 5 nitrogen and oxygen atoms in total. The lowest BCUT2D eigenvalue weighted by Crippen LogP contribution is -2.23. The average molecular weight is 235 g/mol. The van der Waals surface area contributed by atoms with E-state index >= 15 is 0 Å². The molecule has 0 aliphatic heterocycles. The van der Waals surface area contributed by atoms with Crippen LogP contribution in [0.15, 0.2) is 6.07 Å². The molecule has 1 aromatic rings. The first-order valence-electron chi connectivity index (χ1n) is 6.43. The third-order valence-electron chi connectivity index (χ3n) is 3.19. The van der Waals surface area contributed by atoms with Crippen molar-refractivity contribution in [1.82, 2.24) is 9.97 Å². The molecule has 17 heavy (non-hydrogen) atoms. The fraction of sp³-hybridized carbons (Fsp3) is 0.667. The maximum atomic E-state index is 5.41. The zero-order valence-corrected chi connectivity index (χ0v) is 10.4. The third-order valence-corrected chi connectivity index (χ3v) is 3.19. The molecular formula is C12H21N5. The zero-order valence-electron chi connectivity index (χ0n) is 10.4. The van der Waals surface area contributed by atoms with Gasteiger partial charge in [-0.1, -0.05) is 26.2 Å². The van der Waals surface area contributed by atoms with Crippen LogP contribution in [0.4, 0.5) is 11.6 Å². The van der Waals surface area contributed by atoms with E-state index in [1.54, 1.807) is 0 Å². The monoisotopic (exact) mass is 235 g/mol. The van der Waals surface area contributed by atoms with Crippen LogP contribution in [0.25, 0.3) is 0 Å². The second kappa shape index (κ2) is 5.82. The van der Waals surface area contributed by atoms with Crippen molar-refractivity contribution in [3.8, 4) is 0 Å². The maximum Gasteiger partial charge on any atom is 0.145 e. The maximum absolute atomic E-state index is 5.41. The Morgan fingerprint density at radius 2 is 1.94 bits per heavy atom. The van der Waals surface area contributed by atoms with Crippen LogP contribution in [0.1, 0.15) is 44.9 Å². The Bertz CT molecular complexity index is 338. The van der Waals surface area contributed by atoms with Crippen molar-refractivity contribution >= 4 is 11.6 Å². The first-order chi connectivity index (χ1) is 8.31. The van der Waals surface area contributed by atoms with Gasteiger partial charge in [-0.15, -0.1) is 0 Å². The normalized spacial score (nSPS) is 16.8. The predicted octanol–water partition coefficient (Wildman–Crippen LogP) is 2.07. The molecule has 1 fully saturated rings. The summed E-state index contributed by atoms with van der Waals surface area (Å²) >= 11 is 0. The van der Waals surface area contributed by atoms with Crippen molar-refractivity contribution in [3.63, 3.8) is 0 Å². The molecule has 4 N–H and O–H groups in total. The molecule has 1 aliphatic rings. The number of nitrogen functional groups attached to an aromatic ring is 1. The molecule has 0 spiro atoms. The quantitative estimate of drug-likeness (QED) is 0.550. The number of aryl methyl sites for hydroxylation is 1. The lowest BCUT2D eigenvalue weighted by molar-refractivity contribution is 0.461. The summed E-state index contributed by atoms with van der Waals surface area (Å²) in [7, 11) is 0. The van der Waals surface area contributed by atoms with Gasteiger partial charge in [-0.2, -0.15) is 0 Å². The van der Waals surface area contributed by atoms with Crippen LogP contribution in [-0.2, 0) is 6.42 Å². The minimum Gasteiger partial charge on any atom is -0.367 e. The molecule has 0 atom stereocenters. The molecule has 0 aromatic carbocycles. The average Bonchev–Trinajstić information content (AvgIpc) is 2.39. The minimum atomic E-state index is 0.550. The number of anilines is 2. The summed E-state index contributed by atoms with van der Waals surface area (Å²) in [5.74, 6) is 7.79. The molecule has 94 valence electrons. The highest BCUT2D eigenvalue weighted by molar-refractivity contribution is 5.47. The molecular weight excluding hydrogens is 214 g/mol. The van der Waals surface area contributed by atoms with E-state index in [2.05, 4.69) is 20.7 Å². The number of aromatic nitrogens is 2. The van der Waals surface area contributed by atoms with Crippen LogP contribution in [0.3, 0.4) is 0 Å². The lowest BCUT2D eigenvalue weighted by Gasteiger charge is -2.23. The number of hydrogen-bond donors (Lipinski definition) is 3. The van der Waals surface area contributed by atoms with Gasteiger partial charge in [0.2, 0.25) is 0 Å². The summed E-state index contributed by atoms with van der Waals surface area (Å²) in [6.07, 6.45) is 7.26. The Labute approximate surface area is 102 Å². The number of nitrogens with zero attached hydrogens (tertiary/aromatic N) is 2. The highest BCUT2D eigenvalue weighted by Gasteiger charge is 2.14. The minimum absolute atomic E-state index is 0.550. The van der Waals surface area contributed by atoms with Crippen molar-refractivity contribution in [3.05, 3.63) is 11.9 Å². The van der Waals surface area contributed by atoms with Crippen LogP contribution in [0, 0.1) is 0 Å². The number of rotatable bonds is 4. The van der Waals surface area contributed by atoms with Crippen molar-refractivity contribution in [2.45, 2.75) is 51.5 Å². The summed E-state index contributed by atoms with van der Waals surface area (Å²) in [5, 5.41) is 3.48. The topological polar surface area (TPSA) is 75.9 Å². The van der Waals surface area contributed by atoms with Crippen molar-refractivity contribution in [1.29, 1.82) is 0 Å². The second-order valence-corrected chi connectivity index (χ2v) is 4.53. The van der Waals surface area contributed by atoms with E-state index in [0.29, 0.717) is 11.9 Å². The molecule has 1 heterocycles. The van der Waals surface area contributed by atoms with Crippen LogP contribution >= 0.6 is 0 Å². The lowest BCUT2D eigenvalue weighted by atomic mass is 9.95. The van der Waals surface area contributed by atoms with Gasteiger partial charge in [0, 0.05) is 18.5 Å². The number of hydrogen-bond acceptors (Lipinski definition) is 5. The molecule has 0 unspecified atom stereocenters.